The van der Waals surface area contributed by atoms with Crippen LogP contribution in [0.4, 0.5) is 0 Å². The van der Waals surface area contributed by atoms with Crippen molar-refractivity contribution in [2.24, 2.45) is 0 Å². The molecule has 0 amide bonds. The first kappa shape index (κ1) is 8.87. The molecular formula is C13H9NO3. The second-order valence-electron chi connectivity index (χ2n) is 4.18. The van der Waals surface area contributed by atoms with Crippen LogP contribution in [0, 0.1) is 0 Å². The number of benzene rings is 1. The highest BCUT2D eigenvalue weighted by molar-refractivity contribution is 6.10. The Morgan fingerprint density at radius 3 is 3.06 bits per heavy atom. The van der Waals surface area contributed by atoms with Crippen molar-refractivity contribution in [3.05, 3.63) is 47.3 Å². The summed E-state index contributed by atoms with van der Waals surface area (Å²) in [7, 11) is 0. The number of ether oxygens (including phenoxy) is 2. The third-order valence-electron chi connectivity index (χ3n) is 3.28. The van der Waals surface area contributed by atoms with E-state index < -0.39 is 0 Å². The zero-order valence-electron chi connectivity index (χ0n) is 8.97. The van der Waals surface area contributed by atoms with Gasteiger partial charge in [-0.05, 0) is 24.3 Å². The Labute approximate surface area is 97.4 Å². The molecule has 0 unspecified atom stereocenters. The molecule has 17 heavy (non-hydrogen) atoms. The molecule has 0 N–H and O–H groups in total. The average molecular weight is 227 g/mol. The van der Waals surface area contributed by atoms with Gasteiger partial charge in [0.15, 0.2) is 11.5 Å². The van der Waals surface area contributed by atoms with E-state index in [-0.39, 0.29) is 12.6 Å². The molecular weight excluding hydrogens is 218 g/mol. The van der Waals surface area contributed by atoms with Crippen molar-refractivity contribution >= 4 is 5.78 Å². The molecule has 0 bridgehead atoms. The third-order valence-corrected chi connectivity index (χ3v) is 3.28. The first-order chi connectivity index (χ1) is 8.34. The molecule has 1 aromatic carbocycles. The van der Waals surface area contributed by atoms with Gasteiger partial charge in [-0.1, -0.05) is 0 Å². The zero-order chi connectivity index (χ0) is 11.4. The minimum Gasteiger partial charge on any atom is -0.454 e. The van der Waals surface area contributed by atoms with E-state index in [2.05, 4.69) is 0 Å². The molecule has 0 saturated heterocycles. The second-order valence-corrected chi connectivity index (χ2v) is 4.18. The van der Waals surface area contributed by atoms with Crippen molar-refractivity contribution in [2.75, 3.05) is 6.79 Å². The Morgan fingerprint density at radius 2 is 2.12 bits per heavy atom. The summed E-state index contributed by atoms with van der Waals surface area (Å²) in [5.74, 6) is 1.50. The molecule has 2 aromatic rings. The number of nitrogens with zero attached hydrogens (tertiary/aromatic N) is 1. The minimum absolute atomic E-state index is 0.0505. The Bertz CT molecular complexity index is 642. The van der Waals surface area contributed by atoms with Gasteiger partial charge >= 0.3 is 0 Å². The molecule has 3 heterocycles. The van der Waals surface area contributed by atoms with E-state index in [1.807, 2.05) is 29.0 Å². The van der Waals surface area contributed by atoms with E-state index >= 15 is 0 Å². The lowest BCUT2D eigenvalue weighted by atomic mass is 9.97. The smallest absolute Gasteiger partial charge is 0.231 e. The number of fused-ring (bicyclic) bond motifs is 4. The maximum Gasteiger partial charge on any atom is 0.231 e. The number of ketones is 1. The highest BCUT2D eigenvalue weighted by atomic mass is 16.7. The van der Waals surface area contributed by atoms with Gasteiger partial charge in [-0.25, -0.2) is 0 Å². The van der Waals surface area contributed by atoms with Crippen LogP contribution >= 0.6 is 0 Å². The average Bonchev–Trinajstić information content (AvgIpc) is 2.96. The van der Waals surface area contributed by atoms with E-state index in [4.69, 9.17) is 9.47 Å². The highest BCUT2D eigenvalue weighted by Gasteiger charge is 2.29. The predicted octanol–water partition coefficient (Wildman–Crippen LogP) is 1.81. The van der Waals surface area contributed by atoms with E-state index in [1.165, 1.54) is 0 Å². The third kappa shape index (κ3) is 1.04. The lowest BCUT2D eigenvalue weighted by Crippen LogP contribution is -2.19. The monoisotopic (exact) mass is 227 g/mol. The van der Waals surface area contributed by atoms with E-state index in [1.54, 1.807) is 6.07 Å². The zero-order valence-corrected chi connectivity index (χ0v) is 8.97. The molecule has 4 rings (SSSR count). The van der Waals surface area contributed by atoms with Gasteiger partial charge in [0.2, 0.25) is 12.6 Å². The van der Waals surface area contributed by atoms with Crippen LogP contribution in [0.3, 0.4) is 0 Å². The SMILES string of the molecule is O=C1c2ccc3c(c2Cn2cccc21)OCO3. The van der Waals surface area contributed by atoms with Gasteiger partial charge in [0.25, 0.3) is 0 Å². The largest absolute Gasteiger partial charge is 0.454 e. The van der Waals surface area contributed by atoms with Crippen LogP contribution in [-0.2, 0) is 6.54 Å². The number of carbonyl (C=O) groups is 1. The summed E-state index contributed by atoms with van der Waals surface area (Å²) in [6.45, 7) is 0.897. The fourth-order valence-corrected chi connectivity index (χ4v) is 2.47. The van der Waals surface area contributed by atoms with E-state index in [0.29, 0.717) is 6.54 Å². The quantitative estimate of drug-likeness (QED) is 0.588. The van der Waals surface area contributed by atoms with Crippen LogP contribution < -0.4 is 9.47 Å². The lowest BCUT2D eigenvalue weighted by Gasteiger charge is -2.19. The number of carbonyl (C=O) groups excluding carboxylic acids is 1. The van der Waals surface area contributed by atoms with Crippen molar-refractivity contribution in [1.82, 2.24) is 4.57 Å². The van der Waals surface area contributed by atoms with Gasteiger partial charge in [-0.15, -0.1) is 0 Å². The molecule has 0 fully saturated rings. The van der Waals surface area contributed by atoms with Crippen LogP contribution in [0.2, 0.25) is 0 Å². The molecule has 0 radical (unpaired) electrons. The molecule has 2 aliphatic heterocycles. The van der Waals surface area contributed by atoms with Gasteiger partial charge in [0, 0.05) is 17.3 Å². The van der Waals surface area contributed by atoms with E-state index in [0.717, 1.165) is 28.3 Å². The summed E-state index contributed by atoms with van der Waals surface area (Å²) in [6, 6.07) is 7.35. The molecule has 2 aliphatic rings. The summed E-state index contributed by atoms with van der Waals surface area (Å²) in [4.78, 5) is 12.3. The first-order valence-electron chi connectivity index (χ1n) is 5.46. The number of rotatable bonds is 0. The summed E-state index contributed by atoms with van der Waals surface area (Å²) < 4.78 is 12.7. The first-order valence-corrected chi connectivity index (χ1v) is 5.46. The highest BCUT2D eigenvalue weighted by Crippen LogP contribution is 2.40. The van der Waals surface area contributed by atoms with Gasteiger partial charge < -0.3 is 14.0 Å². The van der Waals surface area contributed by atoms with Crippen molar-refractivity contribution < 1.29 is 14.3 Å². The molecule has 4 heteroatoms. The van der Waals surface area contributed by atoms with Crippen LogP contribution in [0.25, 0.3) is 0 Å². The van der Waals surface area contributed by atoms with Gasteiger partial charge in [-0.3, -0.25) is 4.79 Å². The summed E-state index contributed by atoms with van der Waals surface area (Å²) >= 11 is 0. The van der Waals surface area contributed by atoms with Crippen LogP contribution in [0.15, 0.2) is 30.5 Å². The van der Waals surface area contributed by atoms with Gasteiger partial charge in [-0.2, -0.15) is 0 Å². The van der Waals surface area contributed by atoms with Crippen molar-refractivity contribution in [3.63, 3.8) is 0 Å². The van der Waals surface area contributed by atoms with Crippen molar-refractivity contribution in [2.45, 2.75) is 6.54 Å². The van der Waals surface area contributed by atoms with Crippen LogP contribution in [0.5, 0.6) is 11.5 Å². The van der Waals surface area contributed by atoms with Crippen molar-refractivity contribution in [1.29, 1.82) is 0 Å². The Balaban J connectivity index is 1.99. The maximum atomic E-state index is 12.3. The summed E-state index contributed by atoms with van der Waals surface area (Å²) in [6.07, 6.45) is 1.91. The molecule has 4 nitrogen and oxygen atoms in total. The van der Waals surface area contributed by atoms with Crippen molar-refractivity contribution in [3.8, 4) is 11.5 Å². The van der Waals surface area contributed by atoms with Crippen LogP contribution in [-0.4, -0.2) is 17.1 Å². The van der Waals surface area contributed by atoms with E-state index in [9.17, 15) is 4.79 Å². The van der Waals surface area contributed by atoms with Gasteiger partial charge in [0.1, 0.15) is 0 Å². The Kier molecular flexibility index (Phi) is 1.52. The molecule has 0 saturated carbocycles. The maximum absolute atomic E-state index is 12.3. The van der Waals surface area contributed by atoms with Crippen LogP contribution in [0.1, 0.15) is 21.6 Å². The fourth-order valence-electron chi connectivity index (χ4n) is 2.47. The second kappa shape index (κ2) is 2.91. The number of aromatic nitrogens is 1. The molecule has 0 atom stereocenters. The fraction of sp³-hybridized carbons (Fsp3) is 0.154. The topological polar surface area (TPSA) is 40.5 Å². The molecule has 0 spiro atoms. The number of hydrogen-bond acceptors (Lipinski definition) is 3. The molecule has 84 valence electrons. The predicted molar refractivity (Wildman–Crippen MR) is 59.5 cm³/mol. The minimum atomic E-state index is 0.0505. The Hall–Kier alpha value is -2.23. The number of hydrogen-bond donors (Lipinski definition) is 0. The van der Waals surface area contributed by atoms with Gasteiger partial charge in [0.05, 0.1) is 12.2 Å². The normalized spacial score (nSPS) is 15.6. The molecule has 1 aromatic heterocycles. The summed E-state index contributed by atoms with van der Waals surface area (Å²) in [5.41, 5.74) is 2.38. The summed E-state index contributed by atoms with van der Waals surface area (Å²) in [5, 5.41) is 0. The molecule has 0 aliphatic carbocycles. The Morgan fingerprint density at radius 1 is 1.18 bits per heavy atom. The standard InChI is InChI=1S/C13H9NO3/c15-12-8-3-4-11-13(17-7-16-11)9(8)6-14-5-1-2-10(12)14/h1-5H,6-7H2. The lowest BCUT2D eigenvalue weighted by molar-refractivity contribution is 0.102.